The molecule has 0 aromatic heterocycles. The molecule has 2 aromatic rings. The number of carbonyl (C=O) groups is 2. The summed E-state index contributed by atoms with van der Waals surface area (Å²) in [5.41, 5.74) is 2.79. The summed E-state index contributed by atoms with van der Waals surface area (Å²) in [6.45, 7) is 4.24. The number of unbranched alkanes of at least 4 members (excludes halogenated alkanes) is 2. The van der Waals surface area contributed by atoms with E-state index >= 15 is 0 Å². The van der Waals surface area contributed by atoms with Crippen LogP contribution >= 0.6 is 0 Å². The molecule has 0 radical (unpaired) electrons. The van der Waals surface area contributed by atoms with E-state index in [2.05, 4.69) is 13.8 Å². The number of hydrogen-bond acceptors (Lipinski definition) is 4. The molecule has 0 saturated heterocycles. The van der Waals surface area contributed by atoms with Crippen molar-refractivity contribution in [3.63, 3.8) is 0 Å². The molecule has 2 N–H and O–H groups in total. The minimum absolute atomic E-state index is 0.150. The lowest BCUT2D eigenvalue weighted by Gasteiger charge is -2.18. The van der Waals surface area contributed by atoms with Gasteiger partial charge in [0.25, 0.3) is 0 Å². The fraction of sp³-hybridized carbons (Fsp3) is 0.308. The van der Waals surface area contributed by atoms with Gasteiger partial charge < -0.3 is 10.2 Å². The van der Waals surface area contributed by atoms with Gasteiger partial charge in [0.1, 0.15) is 0 Å². The van der Waals surface area contributed by atoms with Crippen molar-refractivity contribution in [2.45, 2.75) is 52.4 Å². The highest BCUT2D eigenvalue weighted by Gasteiger charge is 2.36. The summed E-state index contributed by atoms with van der Waals surface area (Å²) in [5.74, 6) is -2.72. The van der Waals surface area contributed by atoms with Gasteiger partial charge in [-0.15, -0.1) is 0 Å². The number of Topliss-reactive ketones (excluding diaryl/α,β-unsaturated/α-hetero) is 2. The van der Waals surface area contributed by atoms with Crippen molar-refractivity contribution in [3.05, 3.63) is 82.3 Å². The highest BCUT2D eigenvalue weighted by molar-refractivity contribution is 6.46. The van der Waals surface area contributed by atoms with Crippen molar-refractivity contribution >= 4 is 22.7 Å². The Balaban J connectivity index is 1.90. The molecule has 1 aliphatic rings. The zero-order chi connectivity index (χ0) is 21.7. The summed E-state index contributed by atoms with van der Waals surface area (Å²) in [7, 11) is 0. The molecule has 0 unspecified atom stereocenters. The number of ketones is 2. The van der Waals surface area contributed by atoms with E-state index in [9.17, 15) is 19.8 Å². The van der Waals surface area contributed by atoms with Crippen molar-refractivity contribution in [2.24, 2.45) is 0 Å². The standard InChI is InChI=1S/C26H28O4/c1-3-5-7-17-9-13-19(14-10-17)21-23(27)25(29)22(26(30)24(21)28)20-15-11-18(12-16-20)8-6-4-2/h9-16,27,30H,3-8H2,1-2H3. The van der Waals surface area contributed by atoms with E-state index in [4.69, 9.17) is 0 Å². The third-order valence-corrected chi connectivity index (χ3v) is 5.48. The van der Waals surface area contributed by atoms with Crippen LogP contribution < -0.4 is 0 Å². The van der Waals surface area contributed by atoms with Crippen LogP contribution in [0, 0.1) is 0 Å². The van der Waals surface area contributed by atoms with Crippen LogP contribution in [0.3, 0.4) is 0 Å². The highest BCUT2D eigenvalue weighted by Crippen LogP contribution is 2.34. The van der Waals surface area contributed by atoms with Gasteiger partial charge in [-0.2, -0.15) is 0 Å². The molecular formula is C26H28O4. The molecular weight excluding hydrogens is 376 g/mol. The van der Waals surface area contributed by atoms with E-state index in [0.29, 0.717) is 11.1 Å². The molecule has 0 spiro atoms. The molecule has 0 atom stereocenters. The molecule has 2 aromatic carbocycles. The maximum Gasteiger partial charge on any atom is 0.232 e. The third kappa shape index (κ3) is 4.38. The van der Waals surface area contributed by atoms with E-state index in [1.165, 1.54) is 0 Å². The van der Waals surface area contributed by atoms with Gasteiger partial charge in [-0.1, -0.05) is 75.2 Å². The molecule has 0 heterocycles. The first-order valence-electron chi connectivity index (χ1n) is 10.6. The maximum absolute atomic E-state index is 12.9. The topological polar surface area (TPSA) is 74.6 Å². The quantitative estimate of drug-likeness (QED) is 0.548. The lowest BCUT2D eigenvalue weighted by atomic mass is 9.85. The predicted octanol–water partition coefficient (Wildman–Crippen LogP) is 5.76. The minimum atomic E-state index is -0.738. The van der Waals surface area contributed by atoms with E-state index < -0.39 is 23.1 Å². The zero-order valence-corrected chi connectivity index (χ0v) is 17.6. The summed E-state index contributed by atoms with van der Waals surface area (Å²) < 4.78 is 0. The van der Waals surface area contributed by atoms with Gasteiger partial charge in [-0.25, -0.2) is 0 Å². The van der Waals surface area contributed by atoms with Crippen molar-refractivity contribution in [1.82, 2.24) is 0 Å². The van der Waals surface area contributed by atoms with Crippen molar-refractivity contribution < 1.29 is 19.8 Å². The van der Waals surface area contributed by atoms with Crippen LogP contribution in [0.25, 0.3) is 11.1 Å². The van der Waals surface area contributed by atoms with Crippen LogP contribution in [0.1, 0.15) is 61.8 Å². The SMILES string of the molecule is CCCCc1ccc(C2=C(O)C(=O)C(c3ccc(CCCC)cc3)=C(O)C2=O)cc1. The van der Waals surface area contributed by atoms with Gasteiger partial charge in [0, 0.05) is 0 Å². The summed E-state index contributed by atoms with van der Waals surface area (Å²) >= 11 is 0. The van der Waals surface area contributed by atoms with Crippen LogP contribution in [0.5, 0.6) is 0 Å². The molecule has 4 nitrogen and oxygen atoms in total. The van der Waals surface area contributed by atoms with Gasteiger partial charge >= 0.3 is 0 Å². The molecule has 0 bridgehead atoms. The second-order valence-corrected chi connectivity index (χ2v) is 7.71. The molecule has 1 aliphatic carbocycles. The largest absolute Gasteiger partial charge is 0.504 e. The van der Waals surface area contributed by atoms with Crippen LogP contribution in [0.4, 0.5) is 0 Å². The lowest BCUT2D eigenvalue weighted by molar-refractivity contribution is -0.116. The fourth-order valence-corrected chi connectivity index (χ4v) is 3.65. The van der Waals surface area contributed by atoms with E-state index in [1.54, 1.807) is 24.3 Å². The summed E-state index contributed by atoms with van der Waals surface area (Å²) in [6.07, 6.45) is 6.16. The number of carbonyl (C=O) groups excluding carboxylic acids is 2. The van der Waals surface area contributed by atoms with E-state index in [-0.39, 0.29) is 11.1 Å². The Morgan fingerprint density at radius 3 is 1.23 bits per heavy atom. The lowest BCUT2D eigenvalue weighted by Crippen LogP contribution is -2.22. The Kier molecular flexibility index (Phi) is 6.88. The molecule has 0 amide bonds. The number of rotatable bonds is 8. The van der Waals surface area contributed by atoms with Crippen LogP contribution in [0.15, 0.2) is 60.0 Å². The van der Waals surface area contributed by atoms with Crippen molar-refractivity contribution in [3.8, 4) is 0 Å². The average molecular weight is 405 g/mol. The summed E-state index contributed by atoms with van der Waals surface area (Å²) in [4.78, 5) is 25.7. The van der Waals surface area contributed by atoms with Gasteiger partial charge in [-0.05, 0) is 47.9 Å². The Bertz CT molecular complexity index is 909. The highest BCUT2D eigenvalue weighted by atomic mass is 16.3. The first-order chi connectivity index (χ1) is 14.5. The third-order valence-electron chi connectivity index (χ3n) is 5.48. The first kappa shape index (κ1) is 21.6. The number of aryl methyl sites for hydroxylation is 2. The predicted molar refractivity (Wildman–Crippen MR) is 119 cm³/mol. The Labute approximate surface area is 177 Å². The monoisotopic (exact) mass is 404 g/mol. The normalized spacial score (nSPS) is 14.6. The number of aliphatic hydroxyl groups excluding tert-OH is 2. The van der Waals surface area contributed by atoms with Gasteiger partial charge in [0.2, 0.25) is 11.6 Å². The fourth-order valence-electron chi connectivity index (χ4n) is 3.65. The number of benzene rings is 2. The number of allylic oxidation sites excluding steroid dienone is 2. The van der Waals surface area contributed by atoms with Crippen LogP contribution in [-0.2, 0) is 22.4 Å². The van der Waals surface area contributed by atoms with Crippen LogP contribution in [-0.4, -0.2) is 21.8 Å². The Morgan fingerprint density at radius 1 is 0.600 bits per heavy atom. The zero-order valence-electron chi connectivity index (χ0n) is 17.6. The average Bonchev–Trinajstić information content (AvgIpc) is 2.77. The first-order valence-corrected chi connectivity index (χ1v) is 10.6. The number of hydrogen-bond donors (Lipinski definition) is 2. The van der Waals surface area contributed by atoms with E-state index in [0.717, 1.165) is 49.7 Å². The van der Waals surface area contributed by atoms with Crippen LogP contribution in [0.2, 0.25) is 0 Å². The molecule has 4 heteroatoms. The van der Waals surface area contributed by atoms with E-state index in [1.807, 2.05) is 24.3 Å². The Morgan fingerprint density at radius 2 is 0.933 bits per heavy atom. The molecule has 30 heavy (non-hydrogen) atoms. The molecule has 0 saturated carbocycles. The second-order valence-electron chi connectivity index (χ2n) is 7.71. The minimum Gasteiger partial charge on any atom is -0.504 e. The second kappa shape index (κ2) is 9.57. The Hall–Kier alpha value is -3.14. The molecule has 3 rings (SSSR count). The molecule has 0 aliphatic heterocycles. The summed E-state index contributed by atoms with van der Waals surface area (Å²) in [5, 5.41) is 21.1. The number of aliphatic hydroxyl groups is 2. The maximum atomic E-state index is 12.9. The van der Waals surface area contributed by atoms with Gasteiger partial charge in [0.05, 0.1) is 11.1 Å². The smallest absolute Gasteiger partial charge is 0.232 e. The van der Waals surface area contributed by atoms with Gasteiger partial charge in [-0.3, -0.25) is 9.59 Å². The molecule has 156 valence electrons. The van der Waals surface area contributed by atoms with Gasteiger partial charge in [0.15, 0.2) is 11.5 Å². The van der Waals surface area contributed by atoms with Crippen molar-refractivity contribution in [1.29, 1.82) is 0 Å². The summed E-state index contributed by atoms with van der Waals surface area (Å²) in [6, 6.07) is 14.4. The molecule has 0 fully saturated rings. The van der Waals surface area contributed by atoms with Crippen molar-refractivity contribution in [2.75, 3.05) is 0 Å².